The number of carbonyl (C=O) groups excluding carboxylic acids is 1. The number of hydrogen-bond acceptors (Lipinski definition) is 3. The number of nitro benzene ring substituents is 1. The molecule has 1 N–H and O–H groups in total. The topological polar surface area (TPSA) is 72.2 Å². The lowest BCUT2D eigenvalue weighted by molar-refractivity contribution is -0.385. The van der Waals surface area contributed by atoms with Crippen molar-refractivity contribution in [3.8, 4) is 0 Å². The minimum absolute atomic E-state index is 0.00466. The molecule has 0 heterocycles. The van der Waals surface area contributed by atoms with Crippen LogP contribution in [-0.2, 0) is 6.42 Å². The third-order valence-corrected chi connectivity index (χ3v) is 4.00. The number of hydrogen-bond donors (Lipinski definition) is 1. The van der Waals surface area contributed by atoms with Crippen LogP contribution in [0.5, 0.6) is 0 Å². The molecule has 2 aromatic carbocycles. The highest BCUT2D eigenvalue weighted by Gasteiger charge is 2.14. The van der Waals surface area contributed by atoms with E-state index in [1.54, 1.807) is 6.92 Å². The van der Waals surface area contributed by atoms with Crippen LogP contribution >= 0.6 is 15.9 Å². The van der Waals surface area contributed by atoms with Gasteiger partial charge in [0.15, 0.2) is 0 Å². The molecule has 0 aliphatic rings. The van der Waals surface area contributed by atoms with Crippen LogP contribution in [0.4, 0.5) is 11.4 Å². The average Bonchev–Trinajstić information content (AvgIpc) is 2.48. The Bertz CT molecular complexity index is 744. The van der Waals surface area contributed by atoms with E-state index in [2.05, 4.69) is 28.2 Å². The van der Waals surface area contributed by atoms with Crippen molar-refractivity contribution in [1.29, 1.82) is 0 Å². The molecular weight excluding hydrogens is 348 g/mol. The number of nitrogens with zero attached hydrogens (tertiary/aromatic N) is 1. The van der Waals surface area contributed by atoms with Crippen LogP contribution in [0.3, 0.4) is 0 Å². The van der Waals surface area contributed by atoms with Gasteiger partial charge in [-0.3, -0.25) is 14.9 Å². The van der Waals surface area contributed by atoms with E-state index in [4.69, 9.17) is 0 Å². The number of benzene rings is 2. The summed E-state index contributed by atoms with van der Waals surface area (Å²) in [5.74, 6) is -0.303. The zero-order valence-electron chi connectivity index (χ0n) is 12.2. The number of aryl methyl sites for hydroxylation is 2. The van der Waals surface area contributed by atoms with Crippen molar-refractivity contribution in [2.24, 2.45) is 0 Å². The van der Waals surface area contributed by atoms with Crippen molar-refractivity contribution >= 4 is 33.2 Å². The van der Waals surface area contributed by atoms with Gasteiger partial charge in [-0.25, -0.2) is 0 Å². The molecule has 2 aromatic rings. The highest BCUT2D eigenvalue weighted by Crippen LogP contribution is 2.25. The lowest BCUT2D eigenvalue weighted by atomic mass is 10.1. The third-order valence-electron chi connectivity index (χ3n) is 3.35. The molecule has 5 nitrogen and oxygen atoms in total. The van der Waals surface area contributed by atoms with Crippen LogP contribution in [0.2, 0.25) is 0 Å². The van der Waals surface area contributed by atoms with Crippen molar-refractivity contribution in [3.63, 3.8) is 0 Å². The fraction of sp³-hybridized carbons (Fsp3) is 0.188. The maximum Gasteiger partial charge on any atom is 0.272 e. The number of anilines is 1. The van der Waals surface area contributed by atoms with Crippen LogP contribution in [-0.4, -0.2) is 10.8 Å². The standard InChI is InChI=1S/C16H15BrN2O3/c1-3-11-4-6-14(13(17)9-11)18-16(20)12-5-7-15(19(21)22)10(2)8-12/h4-9H,3H2,1-2H3,(H,18,20). The Morgan fingerprint density at radius 2 is 2.00 bits per heavy atom. The van der Waals surface area contributed by atoms with Gasteiger partial charge in [-0.15, -0.1) is 0 Å². The fourth-order valence-electron chi connectivity index (χ4n) is 2.08. The van der Waals surface area contributed by atoms with Crippen LogP contribution in [0.25, 0.3) is 0 Å². The quantitative estimate of drug-likeness (QED) is 0.643. The van der Waals surface area contributed by atoms with Crippen molar-refractivity contribution in [3.05, 3.63) is 67.7 Å². The summed E-state index contributed by atoms with van der Waals surface area (Å²) in [6, 6.07) is 10.0. The minimum atomic E-state index is -0.461. The van der Waals surface area contributed by atoms with Crippen molar-refractivity contribution in [2.75, 3.05) is 5.32 Å². The second-order valence-corrected chi connectivity index (χ2v) is 5.73. The molecule has 114 valence electrons. The molecule has 0 aliphatic carbocycles. The maximum atomic E-state index is 12.3. The molecule has 22 heavy (non-hydrogen) atoms. The predicted octanol–water partition coefficient (Wildman–Crippen LogP) is 4.48. The highest BCUT2D eigenvalue weighted by molar-refractivity contribution is 9.10. The number of rotatable bonds is 4. The third kappa shape index (κ3) is 3.51. The second-order valence-electron chi connectivity index (χ2n) is 4.88. The van der Waals surface area contributed by atoms with Gasteiger partial charge in [-0.1, -0.05) is 13.0 Å². The molecule has 6 heteroatoms. The Balaban J connectivity index is 2.22. The summed E-state index contributed by atoms with van der Waals surface area (Å²) in [7, 11) is 0. The number of halogens is 1. The molecule has 0 atom stereocenters. The molecule has 0 saturated heterocycles. The molecule has 2 rings (SSSR count). The summed E-state index contributed by atoms with van der Waals surface area (Å²) in [5.41, 5.74) is 2.67. The van der Waals surface area contributed by atoms with Gasteiger partial charge in [-0.05, 0) is 59.1 Å². The van der Waals surface area contributed by atoms with E-state index < -0.39 is 4.92 Å². The summed E-state index contributed by atoms with van der Waals surface area (Å²) >= 11 is 3.43. The van der Waals surface area contributed by atoms with E-state index >= 15 is 0 Å². The molecule has 0 spiro atoms. The summed E-state index contributed by atoms with van der Waals surface area (Å²) in [6.07, 6.45) is 0.911. The van der Waals surface area contributed by atoms with Gasteiger partial charge in [-0.2, -0.15) is 0 Å². The van der Waals surface area contributed by atoms with Gasteiger partial charge in [0.05, 0.1) is 10.6 Å². The van der Waals surface area contributed by atoms with E-state index in [0.717, 1.165) is 16.5 Å². The fourth-order valence-corrected chi connectivity index (χ4v) is 2.60. The first-order valence-corrected chi connectivity index (χ1v) is 7.56. The summed E-state index contributed by atoms with van der Waals surface area (Å²) in [6.45, 7) is 3.67. The summed E-state index contributed by atoms with van der Waals surface area (Å²) in [4.78, 5) is 22.6. The van der Waals surface area contributed by atoms with Gasteiger partial charge in [0.2, 0.25) is 0 Å². The first-order valence-electron chi connectivity index (χ1n) is 6.77. The van der Waals surface area contributed by atoms with E-state index in [1.165, 1.54) is 18.2 Å². The lowest BCUT2D eigenvalue weighted by Gasteiger charge is -2.09. The molecule has 0 aromatic heterocycles. The van der Waals surface area contributed by atoms with Crippen molar-refractivity contribution in [1.82, 2.24) is 0 Å². The zero-order valence-corrected chi connectivity index (χ0v) is 13.8. The van der Waals surface area contributed by atoms with Crippen LogP contribution in [0.15, 0.2) is 40.9 Å². The molecule has 0 unspecified atom stereocenters. The maximum absolute atomic E-state index is 12.3. The largest absolute Gasteiger partial charge is 0.321 e. The molecular formula is C16H15BrN2O3. The number of nitro groups is 1. The first kappa shape index (κ1) is 16.2. The highest BCUT2D eigenvalue weighted by atomic mass is 79.9. The first-order chi connectivity index (χ1) is 10.4. The van der Waals surface area contributed by atoms with E-state index in [9.17, 15) is 14.9 Å². The molecule has 1 amide bonds. The molecule has 0 bridgehead atoms. The Hall–Kier alpha value is -2.21. The van der Waals surface area contributed by atoms with Gasteiger partial charge in [0.25, 0.3) is 11.6 Å². The van der Waals surface area contributed by atoms with Gasteiger partial charge in [0.1, 0.15) is 0 Å². The zero-order chi connectivity index (χ0) is 16.3. The van der Waals surface area contributed by atoms with Crippen LogP contribution in [0, 0.1) is 17.0 Å². The molecule has 0 saturated carbocycles. The molecule has 0 aliphatic heterocycles. The monoisotopic (exact) mass is 362 g/mol. The van der Waals surface area contributed by atoms with E-state index in [-0.39, 0.29) is 11.6 Å². The van der Waals surface area contributed by atoms with Crippen molar-refractivity contribution in [2.45, 2.75) is 20.3 Å². The Kier molecular flexibility index (Phi) is 4.92. The minimum Gasteiger partial charge on any atom is -0.321 e. The lowest BCUT2D eigenvalue weighted by Crippen LogP contribution is -2.12. The summed E-state index contributed by atoms with van der Waals surface area (Å²) < 4.78 is 0.804. The Morgan fingerprint density at radius 3 is 2.55 bits per heavy atom. The number of nitrogens with one attached hydrogen (secondary N) is 1. The van der Waals surface area contributed by atoms with Gasteiger partial charge < -0.3 is 5.32 Å². The predicted molar refractivity (Wildman–Crippen MR) is 89.3 cm³/mol. The Labute approximate surface area is 136 Å². The average molecular weight is 363 g/mol. The normalized spacial score (nSPS) is 10.3. The van der Waals surface area contributed by atoms with Gasteiger partial charge in [0, 0.05) is 21.7 Å². The van der Waals surface area contributed by atoms with E-state index in [1.807, 2.05) is 18.2 Å². The molecule has 0 fully saturated rings. The smallest absolute Gasteiger partial charge is 0.272 e. The second kappa shape index (κ2) is 6.70. The number of carbonyl (C=O) groups is 1. The Morgan fingerprint density at radius 1 is 1.27 bits per heavy atom. The molecule has 0 radical (unpaired) electrons. The SMILES string of the molecule is CCc1ccc(NC(=O)c2ccc([N+](=O)[O-])c(C)c2)c(Br)c1. The van der Waals surface area contributed by atoms with Crippen LogP contribution in [0.1, 0.15) is 28.4 Å². The van der Waals surface area contributed by atoms with Gasteiger partial charge >= 0.3 is 0 Å². The van der Waals surface area contributed by atoms with Crippen LogP contribution < -0.4 is 5.32 Å². The number of amides is 1. The van der Waals surface area contributed by atoms with E-state index in [0.29, 0.717) is 16.8 Å². The van der Waals surface area contributed by atoms with Crippen molar-refractivity contribution < 1.29 is 9.72 Å². The summed E-state index contributed by atoms with van der Waals surface area (Å²) in [5, 5.41) is 13.6.